The summed E-state index contributed by atoms with van der Waals surface area (Å²) in [5.74, 6) is -0.670. The van der Waals surface area contributed by atoms with E-state index in [2.05, 4.69) is 0 Å². The van der Waals surface area contributed by atoms with Crippen LogP contribution < -0.4 is 4.90 Å². The molecular weight excluding hydrogens is 254 g/mol. The average Bonchev–Trinajstić information content (AvgIpc) is 2.61. The van der Waals surface area contributed by atoms with E-state index in [-0.39, 0.29) is 12.5 Å². The summed E-state index contributed by atoms with van der Waals surface area (Å²) in [5.41, 5.74) is 2.03. The highest BCUT2D eigenvalue weighted by atomic mass is 16.5. The maximum Gasteiger partial charge on any atom is 0.340 e. The van der Waals surface area contributed by atoms with E-state index in [0.717, 1.165) is 5.56 Å². The van der Waals surface area contributed by atoms with Gasteiger partial charge in [-0.15, -0.1) is 0 Å². The molecule has 0 fully saturated rings. The van der Waals surface area contributed by atoms with E-state index in [1.54, 1.807) is 23.1 Å². The molecule has 3 rings (SSSR count). The van der Waals surface area contributed by atoms with Gasteiger partial charge in [-0.2, -0.15) is 0 Å². The molecule has 0 atom stereocenters. The van der Waals surface area contributed by atoms with Crippen LogP contribution in [0, 0.1) is 0 Å². The van der Waals surface area contributed by atoms with Crippen LogP contribution in [0.4, 0.5) is 5.69 Å². The van der Waals surface area contributed by atoms with Crippen LogP contribution in [0.3, 0.4) is 0 Å². The summed E-state index contributed by atoms with van der Waals surface area (Å²) in [7, 11) is 0. The molecule has 1 heterocycles. The Morgan fingerprint density at radius 2 is 1.65 bits per heavy atom. The Morgan fingerprint density at radius 1 is 0.950 bits per heavy atom. The largest absolute Gasteiger partial charge is 0.452 e. The number of esters is 1. The van der Waals surface area contributed by atoms with E-state index in [4.69, 9.17) is 4.74 Å². The molecule has 0 saturated carbocycles. The maximum absolute atomic E-state index is 12.2. The fourth-order valence-corrected chi connectivity index (χ4v) is 2.24. The first-order valence-corrected chi connectivity index (χ1v) is 6.36. The lowest BCUT2D eigenvalue weighted by Gasteiger charge is -2.21. The van der Waals surface area contributed by atoms with Gasteiger partial charge in [0.2, 0.25) is 0 Å². The van der Waals surface area contributed by atoms with Crippen molar-refractivity contribution in [3.8, 4) is 0 Å². The van der Waals surface area contributed by atoms with Gasteiger partial charge in [-0.1, -0.05) is 42.5 Å². The van der Waals surface area contributed by atoms with Crippen LogP contribution in [-0.2, 0) is 16.1 Å². The SMILES string of the molecule is O=C1OCC(=O)N(Cc2ccccc2)c2ccccc21. The van der Waals surface area contributed by atoms with E-state index in [0.29, 0.717) is 17.8 Å². The van der Waals surface area contributed by atoms with Crippen molar-refractivity contribution >= 4 is 17.6 Å². The molecule has 100 valence electrons. The van der Waals surface area contributed by atoms with E-state index in [9.17, 15) is 9.59 Å². The van der Waals surface area contributed by atoms with Crippen LogP contribution in [0.1, 0.15) is 15.9 Å². The van der Waals surface area contributed by atoms with Gasteiger partial charge >= 0.3 is 5.97 Å². The van der Waals surface area contributed by atoms with Crippen LogP contribution >= 0.6 is 0 Å². The lowest BCUT2D eigenvalue weighted by atomic mass is 10.1. The molecule has 2 aromatic carbocycles. The zero-order valence-electron chi connectivity index (χ0n) is 10.8. The van der Waals surface area contributed by atoms with Gasteiger partial charge in [-0.25, -0.2) is 4.79 Å². The smallest absolute Gasteiger partial charge is 0.340 e. The van der Waals surface area contributed by atoms with Gasteiger partial charge in [-0.3, -0.25) is 4.79 Å². The van der Waals surface area contributed by atoms with Crippen LogP contribution in [0.15, 0.2) is 54.6 Å². The van der Waals surface area contributed by atoms with Crippen molar-refractivity contribution < 1.29 is 14.3 Å². The lowest BCUT2D eigenvalue weighted by Crippen LogP contribution is -2.32. The quantitative estimate of drug-likeness (QED) is 0.785. The number of carbonyl (C=O) groups excluding carboxylic acids is 2. The average molecular weight is 267 g/mol. The minimum absolute atomic E-state index is 0.216. The number of carbonyl (C=O) groups is 2. The molecule has 0 radical (unpaired) electrons. The number of amides is 1. The van der Waals surface area contributed by atoms with Crippen LogP contribution in [0.5, 0.6) is 0 Å². The highest BCUT2D eigenvalue weighted by Crippen LogP contribution is 2.25. The molecule has 1 amide bonds. The highest BCUT2D eigenvalue weighted by molar-refractivity contribution is 6.06. The van der Waals surface area contributed by atoms with E-state index >= 15 is 0 Å². The third-order valence-corrected chi connectivity index (χ3v) is 3.23. The summed E-state index contributed by atoms with van der Waals surface area (Å²) in [6.07, 6.45) is 0. The summed E-state index contributed by atoms with van der Waals surface area (Å²) < 4.78 is 4.98. The molecule has 0 saturated heterocycles. The normalized spacial score (nSPS) is 14.5. The fourth-order valence-electron chi connectivity index (χ4n) is 2.24. The summed E-state index contributed by atoms with van der Waals surface area (Å²) in [4.78, 5) is 25.6. The molecular formula is C16H13NO3. The van der Waals surface area contributed by atoms with Crippen molar-refractivity contribution in [2.75, 3.05) is 11.5 Å². The predicted molar refractivity (Wildman–Crippen MR) is 74.4 cm³/mol. The number of benzene rings is 2. The standard InChI is InChI=1S/C16H13NO3/c18-15-11-20-16(19)13-8-4-5-9-14(13)17(15)10-12-6-2-1-3-7-12/h1-9H,10-11H2. The second-order valence-electron chi connectivity index (χ2n) is 4.56. The van der Waals surface area contributed by atoms with Crippen LogP contribution in [0.2, 0.25) is 0 Å². The molecule has 0 aliphatic carbocycles. The Labute approximate surface area is 116 Å². The molecule has 0 bridgehead atoms. The molecule has 20 heavy (non-hydrogen) atoms. The van der Waals surface area contributed by atoms with Crippen molar-refractivity contribution in [3.63, 3.8) is 0 Å². The number of anilines is 1. The molecule has 1 aliphatic heterocycles. The number of nitrogens with zero attached hydrogens (tertiary/aromatic N) is 1. The van der Waals surface area contributed by atoms with Crippen LogP contribution in [0.25, 0.3) is 0 Å². The number of rotatable bonds is 2. The highest BCUT2D eigenvalue weighted by Gasteiger charge is 2.27. The van der Waals surface area contributed by atoms with Gasteiger partial charge in [0.05, 0.1) is 17.8 Å². The molecule has 1 aliphatic rings. The minimum atomic E-state index is -0.454. The monoisotopic (exact) mass is 267 g/mol. The summed E-state index contributed by atoms with van der Waals surface area (Å²) in [6, 6.07) is 16.7. The number of ether oxygens (including phenoxy) is 1. The molecule has 4 heteroatoms. The molecule has 0 unspecified atom stereocenters. The number of para-hydroxylation sites is 1. The molecule has 0 N–H and O–H groups in total. The third kappa shape index (κ3) is 2.28. The summed E-state index contributed by atoms with van der Waals surface area (Å²) in [6.45, 7) is 0.202. The van der Waals surface area contributed by atoms with Crippen molar-refractivity contribution in [1.82, 2.24) is 0 Å². The Kier molecular flexibility index (Phi) is 3.21. The molecule has 0 spiro atoms. The Morgan fingerprint density at radius 3 is 2.45 bits per heavy atom. The summed E-state index contributed by atoms with van der Waals surface area (Å²) in [5, 5.41) is 0. The zero-order chi connectivity index (χ0) is 13.9. The number of hydrogen-bond acceptors (Lipinski definition) is 3. The van der Waals surface area contributed by atoms with Crippen molar-refractivity contribution in [3.05, 3.63) is 65.7 Å². The van der Waals surface area contributed by atoms with E-state index < -0.39 is 5.97 Å². The Balaban J connectivity index is 2.01. The summed E-state index contributed by atoms with van der Waals surface area (Å²) >= 11 is 0. The van der Waals surface area contributed by atoms with Gasteiger partial charge in [-0.05, 0) is 17.7 Å². The van der Waals surface area contributed by atoms with Crippen molar-refractivity contribution in [1.29, 1.82) is 0 Å². The van der Waals surface area contributed by atoms with Gasteiger partial charge in [0.25, 0.3) is 5.91 Å². The second-order valence-corrected chi connectivity index (χ2v) is 4.56. The first-order valence-electron chi connectivity index (χ1n) is 6.36. The van der Waals surface area contributed by atoms with Crippen molar-refractivity contribution in [2.45, 2.75) is 6.54 Å². The number of fused-ring (bicyclic) bond motifs is 1. The van der Waals surface area contributed by atoms with Gasteiger partial charge in [0.1, 0.15) is 0 Å². The van der Waals surface area contributed by atoms with Gasteiger partial charge in [0, 0.05) is 0 Å². The first-order chi connectivity index (χ1) is 9.75. The van der Waals surface area contributed by atoms with E-state index in [1.165, 1.54) is 0 Å². The fraction of sp³-hybridized carbons (Fsp3) is 0.125. The van der Waals surface area contributed by atoms with Gasteiger partial charge in [0.15, 0.2) is 6.61 Å². The van der Waals surface area contributed by atoms with E-state index in [1.807, 2.05) is 36.4 Å². The number of cyclic esters (lactones) is 1. The Bertz CT molecular complexity index is 652. The number of hydrogen-bond donors (Lipinski definition) is 0. The minimum Gasteiger partial charge on any atom is -0.452 e. The third-order valence-electron chi connectivity index (χ3n) is 3.23. The van der Waals surface area contributed by atoms with Crippen LogP contribution in [-0.4, -0.2) is 18.5 Å². The second kappa shape index (κ2) is 5.17. The maximum atomic E-state index is 12.2. The Hall–Kier alpha value is -2.62. The van der Waals surface area contributed by atoms with Gasteiger partial charge < -0.3 is 9.64 Å². The molecule has 4 nitrogen and oxygen atoms in total. The first kappa shape index (κ1) is 12.4. The predicted octanol–water partition coefficient (Wildman–Crippen LogP) is 2.39. The topological polar surface area (TPSA) is 46.6 Å². The molecule has 0 aromatic heterocycles. The van der Waals surface area contributed by atoms with Crippen molar-refractivity contribution in [2.24, 2.45) is 0 Å². The zero-order valence-corrected chi connectivity index (χ0v) is 10.8. The lowest BCUT2D eigenvalue weighted by molar-refractivity contribution is -0.121. The molecule has 2 aromatic rings.